The summed E-state index contributed by atoms with van der Waals surface area (Å²) in [6.45, 7) is 2.02. The van der Waals surface area contributed by atoms with Crippen LogP contribution >= 0.6 is 11.3 Å². The normalized spacial score (nSPS) is 25.3. The summed E-state index contributed by atoms with van der Waals surface area (Å²) in [6.07, 6.45) is 3.73. The Morgan fingerprint density at radius 2 is 2.38 bits per heavy atom. The molecule has 2 aliphatic rings. The van der Waals surface area contributed by atoms with Gasteiger partial charge >= 0.3 is 0 Å². The predicted octanol–water partition coefficient (Wildman–Crippen LogP) is 0.787. The molecule has 21 heavy (non-hydrogen) atoms. The van der Waals surface area contributed by atoms with Crippen LogP contribution in [0.15, 0.2) is 5.38 Å². The van der Waals surface area contributed by atoms with E-state index in [1.54, 1.807) is 0 Å². The van der Waals surface area contributed by atoms with Gasteiger partial charge in [0.25, 0.3) is 0 Å². The minimum atomic E-state index is -0.334. The number of nitrogens with two attached hydrogens (primary N) is 1. The summed E-state index contributed by atoms with van der Waals surface area (Å²) in [4.78, 5) is 30.4. The fourth-order valence-electron chi connectivity index (χ4n) is 3.24. The van der Waals surface area contributed by atoms with E-state index < -0.39 is 0 Å². The molecule has 114 valence electrons. The van der Waals surface area contributed by atoms with E-state index in [2.05, 4.69) is 10.3 Å². The smallest absolute Gasteiger partial charge is 0.228 e. The number of thiazole rings is 1. The Labute approximate surface area is 127 Å². The highest BCUT2D eigenvalue weighted by atomic mass is 32.1. The van der Waals surface area contributed by atoms with E-state index in [1.807, 2.05) is 10.3 Å². The molecule has 0 aromatic carbocycles. The Morgan fingerprint density at radius 3 is 3.10 bits per heavy atom. The van der Waals surface area contributed by atoms with Gasteiger partial charge in [0, 0.05) is 31.4 Å². The second-order valence-corrected chi connectivity index (χ2v) is 6.77. The van der Waals surface area contributed by atoms with Gasteiger partial charge in [-0.05, 0) is 25.7 Å². The number of nitrogens with one attached hydrogen (secondary N) is 1. The summed E-state index contributed by atoms with van der Waals surface area (Å²) in [6, 6.07) is 0. The molecule has 3 heterocycles. The van der Waals surface area contributed by atoms with Crippen molar-refractivity contribution >= 4 is 28.3 Å². The molecule has 6 nitrogen and oxygen atoms in total. The van der Waals surface area contributed by atoms with E-state index in [4.69, 9.17) is 5.73 Å². The minimum Gasteiger partial charge on any atom is -0.375 e. The minimum absolute atomic E-state index is 0.108. The van der Waals surface area contributed by atoms with Crippen molar-refractivity contribution in [2.75, 3.05) is 25.4 Å². The van der Waals surface area contributed by atoms with Gasteiger partial charge in [-0.2, -0.15) is 0 Å². The van der Waals surface area contributed by atoms with Crippen molar-refractivity contribution in [3.8, 4) is 0 Å². The molecule has 0 saturated carbocycles. The predicted molar refractivity (Wildman–Crippen MR) is 80.7 cm³/mol. The van der Waals surface area contributed by atoms with Gasteiger partial charge in [0.1, 0.15) is 0 Å². The molecule has 1 aromatic rings. The number of likely N-dealkylation sites (tertiary alicyclic amines) is 1. The molecule has 3 rings (SSSR count). The first-order chi connectivity index (χ1) is 10.1. The molecule has 0 radical (unpaired) electrons. The molecule has 0 aliphatic carbocycles. The lowest BCUT2D eigenvalue weighted by Crippen LogP contribution is -2.47. The topological polar surface area (TPSA) is 88.3 Å². The Morgan fingerprint density at radius 1 is 1.52 bits per heavy atom. The monoisotopic (exact) mass is 308 g/mol. The van der Waals surface area contributed by atoms with Gasteiger partial charge in [0.15, 0.2) is 5.13 Å². The third-order valence-corrected chi connectivity index (χ3v) is 5.19. The van der Waals surface area contributed by atoms with Gasteiger partial charge < -0.3 is 16.0 Å². The number of carbonyl (C=O) groups is 2. The summed E-state index contributed by atoms with van der Waals surface area (Å²) >= 11 is 1.40. The first-order valence-corrected chi connectivity index (χ1v) is 8.23. The number of hydrogen-bond donors (Lipinski definition) is 2. The number of aromatic nitrogens is 1. The summed E-state index contributed by atoms with van der Waals surface area (Å²) < 4.78 is 0. The Kier molecular flexibility index (Phi) is 3.84. The summed E-state index contributed by atoms with van der Waals surface area (Å²) in [7, 11) is 0. The Bertz CT molecular complexity index is 559. The van der Waals surface area contributed by atoms with E-state index in [0.29, 0.717) is 31.1 Å². The van der Waals surface area contributed by atoms with Crippen LogP contribution in [-0.2, 0) is 16.0 Å². The number of amides is 2. The second kappa shape index (κ2) is 5.63. The van der Waals surface area contributed by atoms with Crippen LogP contribution in [0.5, 0.6) is 0 Å². The molecule has 7 heteroatoms. The Hall–Kier alpha value is -1.63. The fourth-order valence-corrected chi connectivity index (χ4v) is 3.83. The zero-order valence-corrected chi connectivity index (χ0v) is 12.7. The van der Waals surface area contributed by atoms with Crippen LogP contribution in [0, 0.1) is 5.41 Å². The fraction of sp³-hybridized carbons (Fsp3) is 0.643. The third-order valence-electron chi connectivity index (χ3n) is 4.47. The van der Waals surface area contributed by atoms with Gasteiger partial charge in [-0.25, -0.2) is 4.98 Å². The lowest BCUT2D eigenvalue weighted by molar-refractivity contribution is -0.134. The lowest BCUT2D eigenvalue weighted by atomic mass is 9.79. The second-order valence-electron chi connectivity index (χ2n) is 5.88. The van der Waals surface area contributed by atoms with Gasteiger partial charge in [0.05, 0.1) is 11.1 Å². The SMILES string of the molecule is Nc1nc(CCC(=O)N2CC[C@]3(CCCNC3=O)C2)cs1. The number of aryl methyl sites for hydroxylation is 1. The van der Waals surface area contributed by atoms with Crippen molar-refractivity contribution in [1.29, 1.82) is 0 Å². The van der Waals surface area contributed by atoms with Crippen molar-refractivity contribution in [3.05, 3.63) is 11.1 Å². The largest absolute Gasteiger partial charge is 0.375 e. The molecule has 0 unspecified atom stereocenters. The molecule has 1 aromatic heterocycles. The van der Waals surface area contributed by atoms with Crippen molar-refractivity contribution in [2.45, 2.75) is 32.1 Å². The lowest BCUT2D eigenvalue weighted by Gasteiger charge is -2.32. The summed E-state index contributed by atoms with van der Waals surface area (Å²) in [5.74, 6) is 0.230. The average molecular weight is 308 g/mol. The number of hydrogen-bond acceptors (Lipinski definition) is 5. The van der Waals surface area contributed by atoms with Gasteiger partial charge in [0.2, 0.25) is 11.8 Å². The van der Waals surface area contributed by atoms with E-state index in [9.17, 15) is 9.59 Å². The maximum Gasteiger partial charge on any atom is 0.228 e. The third kappa shape index (κ3) is 2.88. The number of rotatable bonds is 3. The van der Waals surface area contributed by atoms with Crippen molar-refractivity contribution in [2.24, 2.45) is 5.41 Å². The highest BCUT2D eigenvalue weighted by molar-refractivity contribution is 7.13. The van der Waals surface area contributed by atoms with E-state index in [1.165, 1.54) is 11.3 Å². The van der Waals surface area contributed by atoms with Crippen LogP contribution in [0.4, 0.5) is 5.13 Å². The summed E-state index contributed by atoms with van der Waals surface area (Å²) in [5, 5.41) is 5.37. The zero-order valence-electron chi connectivity index (χ0n) is 11.9. The van der Waals surface area contributed by atoms with Gasteiger partial charge in [-0.1, -0.05) is 0 Å². The molecule has 3 N–H and O–H groups in total. The van der Waals surface area contributed by atoms with E-state index in [0.717, 1.165) is 31.5 Å². The number of nitrogens with zero attached hydrogens (tertiary/aromatic N) is 2. The molecule has 0 bridgehead atoms. The van der Waals surface area contributed by atoms with Crippen molar-refractivity contribution < 1.29 is 9.59 Å². The standard InChI is InChI=1S/C14H20N4O2S/c15-13-17-10(8-21-13)2-3-11(19)18-7-5-14(9-18)4-1-6-16-12(14)20/h8H,1-7,9H2,(H2,15,17)(H,16,20)/t14-/m1/s1. The molecule has 1 spiro atoms. The number of carbonyl (C=O) groups excluding carboxylic acids is 2. The number of anilines is 1. The highest BCUT2D eigenvalue weighted by Crippen LogP contribution is 2.37. The number of nitrogen functional groups attached to an aromatic ring is 1. The molecule has 2 aliphatic heterocycles. The first-order valence-electron chi connectivity index (χ1n) is 7.35. The number of piperidine rings is 1. The van der Waals surface area contributed by atoms with E-state index in [-0.39, 0.29) is 17.2 Å². The van der Waals surface area contributed by atoms with Crippen molar-refractivity contribution in [1.82, 2.24) is 15.2 Å². The highest BCUT2D eigenvalue weighted by Gasteiger charge is 2.46. The van der Waals surface area contributed by atoms with Crippen LogP contribution < -0.4 is 11.1 Å². The molecule has 2 amide bonds. The molecular formula is C14H20N4O2S. The molecule has 1 atom stereocenters. The summed E-state index contributed by atoms with van der Waals surface area (Å²) in [5.41, 5.74) is 6.12. The molecular weight excluding hydrogens is 288 g/mol. The van der Waals surface area contributed by atoms with Crippen LogP contribution in [0.1, 0.15) is 31.4 Å². The van der Waals surface area contributed by atoms with Gasteiger partial charge in [-0.3, -0.25) is 9.59 Å². The van der Waals surface area contributed by atoms with Crippen molar-refractivity contribution in [3.63, 3.8) is 0 Å². The maximum absolute atomic E-state index is 12.3. The maximum atomic E-state index is 12.3. The first kappa shape index (κ1) is 14.3. The Balaban J connectivity index is 1.55. The van der Waals surface area contributed by atoms with Crippen LogP contribution in [0.2, 0.25) is 0 Å². The van der Waals surface area contributed by atoms with E-state index >= 15 is 0 Å². The van der Waals surface area contributed by atoms with Gasteiger partial charge in [-0.15, -0.1) is 11.3 Å². The van der Waals surface area contributed by atoms with Crippen LogP contribution in [-0.4, -0.2) is 41.3 Å². The quantitative estimate of drug-likeness (QED) is 0.864. The zero-order chi connectivity index (χ0) is 14.9. The average Bonchev–Trinajstić information content (AvgIpc) is 3.07. The molecule has 2 saturated heterocycles. The molecule has 2 fully saturated rings. The van der Waals surface area contributed by atoms with Crippen LogP contribution in [0.3, 0.4) is 0 Å². The van der Waals surface area contributed by atoms with Crippen LogP contribution in [0.25, 0.3) is 0 Å².